The third kappa shape index (κ3) is 2.99. The van der Waals surface area contributed by atoms with Gasteiger partial charge in [0, 0.05) is 13.8 Å². The number of carbonyl (C=O) groups excluding carboxylic acids is 2. The summed E-state index contributed by atoms with van der Waals surface area (Å²) in [4.78, 5) is 24.8. The SMILES string of the molecule is CC(=O)OC1N(C(C)=O)C(C(C)(C)C)SC1(C)C. The fourth-order valence-electron chi connectivity index (χ4n) is 2.14. The molecule has 2 atom stereocenters. The third-order valence-corrected chi connectivity index (χ3v) is 4.86. The molecule has 0 aliphatic carbocycles. The molecule has 0 bridgehead atoms. The van der Waals surface area contributed by atoms with E-state index in [2.05, 4.69) is 20.8 Å². The van der Waals surface area contributed by atoms with Crippen molar-refractivity contribution in [2.45, 2.75) is 64.8 Å². The maximum absolute atomic E-state index is 11.9. The predicted octanol–water partition coefficient (Wildman–Crippen LogP) is 2.62. The highest BCUT2D eigenvalue weighted by atomic mass is 32.2. The van der Waals surface area contributed by atoms with Gasteiger partial charge in [0.15, 0.2) is 6.23 Å². The summed E-state index contributed by atoms with van der Waals surface area (Å²) in [7, 11) is 0. The normalized spacial score (nSPS) is 27.2. The highest BCUT2D eigenvalue weighted by Gasteiger charge is 2.54. The minimum absolute atomic E-state index is 0.00866. The van der Waals surface area contributed by atoms with Gasteiger partial charge in [0.25, 0.3) is 0 Å². The van der Waals surface area contributed by atoms with Crippen LogP contribution in [0.5, 0.6) is 0 Å². The minimum Gasteiger partial charge on any atom is -0.440 e. The molecule has 4 nitrogen and oxygen atoms in total. The van der Waals surface area contributed by atoms with Crippen LogP contribution in [0.1, 0.15) is 48.5 Å². The third-order valence-electron chi connectivity index (χ3n) is 2.90. The van der Waals surface area contributed by atoms with E-state index in [-0.39, 0.29) is 27.4 Å². The number of rotatable bonds is 1. The summed E-state index contributed by atoms with van der Waals surface area (Å²) in [5.74, 6) is -0.409. The molecule has 18 heavy (non-hydrogen) atoms. The number of ether oxygens (including phenoxy) is 1. The summed E-state index contributed by atoms with van der Waals surface area (Å²) in [6.45, 7) is 13.2. The van der Waals surface area contributed by atoms with Crippen molar-refractivity contribution >= 4 is 23.6 Å². The average Bonchev–Trinajstić information content (AvgIpc) is 2.37. The van der Waals surface area contributed by atoms with Crippen LogP contribution >= 0.6 is 11.8 Å². The van der Waals surface area contributed by atoms with Crippen LogP contribution in [0.4, 0.5) is 0 Å². The first-order valence-electron chi connectivity index (χ1n) is 6.11. The first-order chi connectivity index (χ1) is 7.97. The van der Waals surface area contributed by atoms with Crippen molar-refractivity contribution in [2.24, 2.45) is 5.41 Å². The van der Waals surface area contributed by atoms with Crippen LogP contribution in [0.15, 0.2) is 0 Å². The molecule has 104 valence electrons. The molecule has 1 amide bonds. The first-order valence-corrected chi connectivity index (χ1v) is 6.98. The number of hydrogen-bond donors (Lipinski definition) is 0. The molecule has 5 heteroatoms. The summed E-state index contributed by atoms with van der Waals surface area (Å²) in [5, 5.41) is 0.00866. The molecule has 1 rings (SSSR count). The smallest absolute Gasteiger partial charge is 0.304 e. The quantitative estimate of drug-likeness (QED) is 0.689. The maximum atomic E-state index is 11.9. The van der Waals surface area contributed by atoms with Crippen molar-refractivity contribution in [3.05, 3.63) is 0 Å². The number of amides is 1. The topological polar surface area (TPSA) is 46.6 Å². The fourth-order valence-corrected chi connectivity index (χ4v) is 3.72. The molecular weight excluding hydrogens is 250 g/mol. The monoisotopic (exact) mass is 273 g/mol. The van der Waals surface area contributed by atoms with Gasteiger partial charge in [-0.05, 0) is 19.3 Å². The van der Waals surface area contributed by atoms with E-state index in [9.17, 15) is 9.59 Å². The Morgan fingerprint density at radius 3 is 2.06 bits per heavy atom. The second-order valence-corrected chi connectivity index (χ2v) is 8.06. The average molecular weight is 273 g/mol. The number of thioether (sulfide) groups is 1. The zero-order valence-corrected chi connectivity index (χ0v) is 13.1. The summed E-state index contributed by atoms with van der Waals surface area (Å²) in [6, 6.07) is 0. The highest BCUT2D eigenvalue weighted by molar-refractivity contribution is 8.01. The maximum Gasteiger partial charge on any atom is 0.304 e. The Balaban J connectivity index is 3.14. The van der Waals surface area contributed by atoms with Crippen LogP contribution in [0.2, 0.25) is 0 Å². The molecule has 0 N–H and O–H groups in total. The van der Waals surface area contributed by atoms with E-state index in [1.807, 2.05) is 13.8 Å². The molecule has 0 aromatic heterocycles. The molecule has 0 spiro atoms. The van der Waals surface area contributed by atoms with Crippen LogP contribution in [0, 0.1) is 5.41 Å². The van der Waals surface area contributed by atoms with E-state index in [0.29, 0.717) is 0 Å². The van der Waals surface area contributed by atoms with Gasteiger partial charge in [-0.25, -0.2) is 0 Å². The minimum atomic E-state index is -0.498. The molecule has 1 heterocycles. The van der Waals surface area contributed by atoms with Crippen molar-refractivity contribution < 1.29 is 14.3 Å². The van der Waals surface area contributed by atoms with Gasteiger partial charge in [0.1, 0.15) is 0 Å². The van der Waals surface area contributed by atoms with Gasteiger partial charge in [-0.2, -0.15) is 0 Å². The standard InChI is InChI=1S/C13H23NO3S/c1-8(15)14-10(17-9(2)16)13(6,7)18-11(14)12(3,4)5/h10-11H,1-7H3. The molecular formula is C13H23NO3S. The number of nitrogens with zero attached hydrogens (tertiary/aromatic N) is 1. The molecule has 0 saturated carbocycles. The van der Waals surface area contributed by atoms with Crippen molar-refractivity contribution in [2.75, 3.05) is 0 Å². The molecule has 0 aromatic carbocycles. The van der Waals surface area contributed by atoms with E-state index >= 15 is 0 Å². The zero-order chi connectivity index (χ0) is 14.3. The number of hydrogen-bond acceptors (Lipinski definition) is 4. The van der Waals surface area contributed by atoms with Crippen LogP contribution in [-0.4, -0.2) is 33.1 Å². The Morgan fingerprint density at radius 1 is 1.22 bits per heavy atom. The van der Waals surface area contributed by atoms with Gasteiger partial charge in [0.2, 0.25) is 5.91 Å². The molecule has 1 fully saturated rings. The summed E-state index contributed by atoms with van der Waals surface area (Å²) in [5.41, 5.74) is -0.0670. The molecule has 1 aliphatic rings. The van der Waals surface area contributed by atoms with E-state index in [4.69, 9.17) is 4.74 Å². The second-order valence-electron chi connectivity index (χ2n) is 6.33. The second kappa shape index (κ2) is 4.76. The predicted molar refractivity (Wildman–Crippen MR) is 73.0 cm³/mol. The van der Waals surface area contributed by atoms with Gasteiger partial charge < -0.3 is 4.74 Å². The number of esters is 1. The molecule has 1 saturated heterocycles. The largest absolute Gasteiger partial charge is 0.440 e. The van der Waals surface area contributed by atoms with Crippen molar-refractivity contribution in [3.8, 4) is 0 Å². The summed E-state index contributed by atoms with van der Waals surface area (Å²) in [6.07, 6.45) is -0.498. The van der Waals surface area contributed by atoms with Gasteiger partial charge in [0.05, 0.1) is 10.1 Å². The lowest BCUT2D eigenvalue weighted by atomic mass is 9.95. The lowest BCUT2D eigenvalue weighted by Gasteiger charge is -2.35. The van der Waals surface area contributed by atoms with Crippen LogP contribution < -0.4 is 0 Å². The Bertz CT molecular complexity index is 360. The van der Waals surface area contributed by atoms with Crippen LogP contribution in [0.25, 0.3) is 0 Å². The van der Waals surface area contributed by atoms with Gasteiger partial charge in [-0.3, -0.25) is 14.5 Å². The molecule has 2 unspecified atom stereocenters. The summed E-state index contributed by atoms with van der Waals surface area (Å²) < 4.78 is 5.07. The van der Waals surface area contributed by atoms with E-state index in [0.717, 1.165) is 0 Å². The summed E-state index contributed by atoms with van der Waals surface area (Å²) >= 11 is 1.69. The van der Waals surface area contributed by atoms with E-state index in [1.54, 1.807) is 16.7 Å². The van der Waals surface area contributed by atoms with Gasteiger partial charge >= 0.3 is 5.97 Å². The highest BCUT2D eigenvalue weighted by Crippen LogP contribution is 2.50. The van der Waals surface area contributed by atoms with E-state index < -0.39 is 6.23 Å². The number of carbonyl (C=O) groups is 2. The Labute approximate surface area is 113 Å². The van der Waals surface area contributed by atoms with E-state index in [1.165, 1.54) is 13.8 Å². The Kier molecular flexibility index (Phi) is 4.06. The lowest BCUT2D eigenvalue weighted by Crippen LogP contribution is -2.50. The Hall–Kier alpha value is -0.710. The van der Waals surface area contributed by atoms with Crippen molar-refractivity contribution in [3.63, 3.8) is 0 Å². The van der Waals surface area contributed by atoms with Crippen molar-refractivity contribution in [1.82, 2.24) is 4.90 Å². The van der Waals surface area contributed by atoms with Crippen LogP contribution in [-0.2, 0) is 14.3 Å². The van der Waals surface area contributed by atoms with Crippen LogP contribution in [0.3, 0.4) is 0 Å². The molecule has 0 radical (unpaired) electrons. The molecule has 1 aliphatic heterocycles. The molecule has 0 aromatic rings. The van der Waals surface area contributed by atoms with Gasteiger partial charge in [-0.1, -0.05) is 20.8 Å². The van der Waals surface area contributed by atoms with Gasteiger partial charge in [-0.15, -0.1) is 11.8 Å². The first kappa shape index (κ1) is 15.3. The zero-order valence-electron chi connectivity index (χ0n) is 12.2. The fraction of sp³-hybridized carbons (Fsp3) is 0.846. The Morgan fingerprint density at radius 2 is 1.72 bits per heavy atom. The van der Waals surface area contributed by atoms with Crippen molar-refractivity contribution in [1.29, 1.82) is 0 Å². The lowest BCUT2D eigenvalue weighted by molar-refractivity contribution is -0.165.